The lowest BCUT2D eigenvalue weighted by Crippen LogP contribution is -2.48. The normalized spacial score (nSPS) is 19.1. The quantitative estimate of drug-likeness (QED) is 0.845. The molecule has 0 radical (unpaired) electrons. The molecule has 3 rings (SSSR count). The number of nitrogens with one attached hydrogen (secondary N) is 1. The van der Waals surface area contributed by atoms with E-state index in [2.05, 4.69) is 17.3 Å². The highest BCUT2D eigenvalue weighted by Gasteiger charge is 2.29. The lowest BCUT2D eigenvalue weighted by Gasteiger charge is -2.35. The second kappa shape index (κ2) is 8.64. The zero-order chi connectivity index (χ0) is 18.5. The highest BCUT2D eigenvalue weighted by molar-refractivity contribution is 6.30. The van der Waals surface area contributed by atoms with E-state index in [4.69, 9.17) is 22.1 Å². The molecule has 1 amide bonds. The third kappa shape index (κ3) is 4.62. The van der Waals surface area contributed by atoms with E-state index in [1.807, 2.05) is 36.4 Å². The van der Waals surface area contributed by atoms with Crippen LogP contribution in [0.4, 0.5) is 0 Å². The summed E-state index contributed by atoms with van der Waals surface area (Å²) in [6.07, 6.45) is -0.123. The first-order chi connectivity index (χ1) is 12.6. The van der Waals surface area contributed by atoms with Gasteiger partial charge in [-0.3, -0.25) is 4.79 Å². The standard InChI is InChI=1S/C20H24ClN3O2/c1-24-10-11-26-18(13-24)19(15-6-8-17(21)9-7-15)23-20(25)16-4-2-14(12-22)3-5-16/h2-9,18-19H,10-13,22H2,1H3,(H,23,25). The second-order valence-electron chi connectivity index (χ2n) is 6.58. The van der Waals surface area contributed by atoms with E-state index in [1.165, 1.54) is 0 Å². The van der Waals surface area contributed by atoms with E-state index >= 15 is 0 Å². The molecular formula is C20H24ClN3O2. The number of nitrogens with zero attached hydrogens (tertiary/aromatic N) is 1. The lowest BCUT2D eigenvalue weighted by molar-refractivity contribution is -0.0380. The minimum Gasteiger partial charge on any atom is -0.373 e. The molecule has 0 aliphatic carbocycles. The molecule has 0 bridgehead atoms. The highest BCUT2D eigenvalue weighted by Crippen LogP contribution is 2.24. The summed E-state index contributed by atoms with van der Waals surface area (Å²) in [7, 11) is 2.06. The number of halogens is 1. The molecule has 2 aromatic carbocycles. The van der Waals surface area contributed by atoms with Crippen LogP contribution in [0.5, 0.6) is 0 Å². The van der Waals surface area contributed by atoms with Crippen LogP contribution in [0.3, 0.4) is 0 Å². The van der Waals surface area contributed by atoms with E-state index in [0.717, 1.165) is 24.2 Å². The fourth-order valence-corrected chi connectivity index (χ4v) is 3.22. The number of rotatable bonds is 5. The van der Waals surface area contributed by atoms with Gasteiger partial charge < -0.3 is 20.7 Å². The average Bonchev–Trinajstić information content (AvgIpc) is 2.67. The number of hydrogen-bond acceptors (Lipinski definition) is 4. The molecule has 6 heteroatoms. The van der Waals surface area contributed by atoms with Crippen molar-refractivity contribution in [2.45, 2.75) is 18.7 Å². The average molecular weight is 374 g/mol. The molecular weight excluding hydrogens is 350 g/mol. The molecule has 5 nitrogen and oxygen atoms in total. The Labute approximate surface area is 159 Å². The maximum Gasteiger partial charge on any atom is 0.251 e. The van der Waals surface area contributed by atoms with Crippen molar-refractivity contribution in [3.8, 4) is 0 Å². The van der Waals surface area contributed by atoms with E-state index in [9.17, 15) is 4.79 Å². The highest BCUT2D eigenvalue weighted by atomic mass is 35.5. The Hall–Kier alpha value is -1.92. The Morgan fingerprint density at radius 2 is 1.96 bits per heavy atom. The van der Waals surface area contributed by atoms with Crippen molar-refractivity contribution in [3.63, 3.8) is 0 Å². The third-order valence-corrected chi connectivity index (χ3v) is 4.89. The van der Waals surface area contributed by atoms with Gasteiger partial charge in [0, 0.05) is 30.2 Å². The molecule has 2 unspecified atom stereocenters. The van der Waals surface area contributed by atoms with Gasteiger partial charge in [-0.2, -0.15) is 0 Å². The predicted molar refractivity (Wildman–Crippen MR) is 103 cm³/mol. The van der Waals surface area contributed by atoms with Crippen LogP contribution < -0.4 is 11.1 Å². The summed E-state index contributed by atoms with van der Waals surface area (Å²) >= 11 is 6.02. The summed E-state index contributed by atoms with van der Waals surface area (Å²) in [5, 5.41) is 3.80. The van der Waals surface area contributed by atoms with E-state index < -0.39 is 0 Å². The predicted octanol–water partition coefficient (Wildman–Crippen LogP) is 2.60. The lowest BCUT2D eigenvalue weighted by atomic mass is 9.99. The third-order valence-electron chi connectivity index (χ3n) is 4.64. The summed E-state index contributed by atoms with van der Waals surface area (Å²) in [4.78, 5) is 15.0. The number of likely N-dealkylation sites (N-methyl/N-ethyl adjacent to an activating group) is 1. The monoisotopic (exact) mass is 373 g/mol. The first-order valence-corrected chi connectivity index (χ1v) is 9.10. The minimum atomic E-state index is -0.253. The van der Waals surface area contributed by atoms with Crippen LogP contribution in [0.25, 0.3) is 0 Å². The fourth-order valence-electron chi connectivity index (χ4n) is 3.09. The molecule has 0 aromatic heterocycles. The van der Waals surface area contributed by atoms with Crippen molar-refractivity contribution in [1.29, 1.82) is 0 Å². The summed E-state index contributed by atoms with van der Waals surface area (Å²) in [6, 6.07) is 14.6. The van der Waals surface area contributed by atoms with Crippen molar-refractivity contribution in [3.05, 3.63) is 70.2 Å². The van der Waals surface area contributed by atoms with Gasteiger partial charge in [0.2, 0.25) is 0 Å². The summed E-state index contributed by atoms with van der Waals surface area (Å²) in [6.45, 7) is 2.74. The first-order valence-electron chi connectivity index (χ1n) is 8.72. The van der Waals surface area contributed by atoms with Gasteiger partial charge in [0.05, 0.1) is 18.8 Å². The topological polar surface area (TPSA) is 67.6 Å². The van der Waals surface area contributed by atoms with Gasteiger partial charge in [-0.05, 0) is 42.4 Å². The van der Waals surface area contributed by atoms with E-state index in [0.29, 0.717) is 23.7 Å². The van der Waals surface area contributed by atoms with Gasteiger partial charge in [0.25, 0.3) is 5.91 Å². The van der Waals surface area contributed by atoms with Crippen LogP contribution in [-0.2, 0) is 11.3 Å². The molecule has 138 valence electrons. The Kier molecular flexibility index (Phi) is 6.27. The maximum absolute atomic E-state index is 12.8. The van der Waals surface area contributed by atoms with Gasteiger partial charge in [-0.25, -0.2) is 0 Å². The van der Waals surface area contributed by atoms with Gasteiger partial charge >= 0.3 is 0 Å². The largest absolute Gasteiger partial charge is 0.373 e. The van der Waals surface area contributed by atoms with Crippen molar-refractivity contribution >= 4 is 17.5 Å². The number of benzene rings is 2. The van der Waals surface area contributed by atoms with Crippen LogP contribution in [0.15, 0.2) is 48.5 Å². The molecule has 26 heavy (non-hydrogen) atoms. The first kappa shape index (κ1) is 18.9. The summed E-state index contributed by atoms with van der Waals surface area (Å²) in [5.41, 5.74) is 8.19. The van der Waals surface area contributed by atoms with Crippen LogP contribution in [0, 0.1) is 0 Å². The van der Waals surface area contributed by atoms with Crippen LogP contribution >= 0.6 is 11.6 Å². The summed E-state index contributed by atoms with van der Waals surface area (Å²) in [5.74, 6) is -0.134. The molecule has 2 aromatic rings. The molecule has 1 saturated heterocycles. The Morgan fingerprint density at radius 3 is 2.58 bits per heavy atom. The fraction of sp³-hybridized carbons (Fsp3) is 0.350. The molecule has 2 atom stereocenters. The van der Waals surface area contributed by atoms with Crippen LogP contribution in [-0.4, -0.2) is 43.7 Å². The van der Waals surface area contributed by atoms with Crippen molar-refractivity contribution in [1.82, 2.24) is 10.2 Å². The number of carbonyl (C=O) groups excluding carboxylic acids is 1. The van der Waals surface area contributed by atoms with Crippen LogP contribution in [0.2, 0.25) is 5.02 Å². The molecule has 1 aliphatic heterocycles. The van der Waals surface area contributed by atoms with Crippen molar-refractivity contribution < 1.29 is 9.53 Å². The smallest absolute Gasteiger partial charge is 0.251 e. The van der Waals surface area contributed by atoms with Gasteiger partial charge in [0.1, 0.15) is 0 Å². The Bertz CT molecular complexity index is 734. The van der Waals surface area contributed by atoms with E-state index in [1.54, 1.807) is 12.1 Å². The minimum absolute atomic E-state index is 0.123. The maximum atomic E-state index is 12.8. The molecule has 1 heterocycles. The Morgan fingerprint density at radius 1 is 1.27 bits per heavy atom. The molecule has 0 spiro atoms. The number of hydrogen-bond donors (Lipinski definition) is 2. The summed E-state index contributed by atoms with van der Waals surface area (Å²) < 4.78 is 5.96. The molecule has 3 N–H and O–H groups in total. The zero-order valence-corrected chi connectivity index (χ0v) is 15.6. The SMILES string of the molecule is CN1CCOC(C(NC(=O)c2ccc(CN)cc2)c2ccc(Cl)cc2)C1. The van der Waals surface area contributed by atoms with Gasteiger partial charge in [-0.1, -0.05) is 35.9 Å². The number of amides is 1. The van der Waals surface area contributed by atoms with Crippen LogP contribution in [0.1, 0.15) is 27.5 Å². The van der Waals surface area contributed by atoms with Crippen molar-refractivity contribution in [2.75, 3.05) is 26.7 Å². The van der Waals surface area contributed by atoms with Crippen molar-refractivity contribution in [2.24, 2.45) is 5.73 Å². The Balaban J connectivity index is 1.82. The number of carbonyl (C=O) groups is 1. The number of morpholine rings is 1. The zero-order valence-electron chi connectivity index (χ0n) is 14.8. The number of nitrogens with two attached hydrogens (primary N) is 1. The number of ether oxygens (including phenoxy) is 1. The molecule has 0 saturated carbocycles. The molecule has 1 aliphatic rings. The van der Waals surface area contributed by atoms with E-state index in [-0.39, 0.29) is 18.1 Å². The molecule has 1 fully saturated rings. The second-order valence-corrected chi connectivity index (χ2v) is 7.01. The van der Waals surface area contributed by atoms with Gasteiger partial charge in [-0.15, -0.1) is 0 Å². The van der Waals surface area contributed by atoms with Gasteiger partial charge in [0.15, 0.2) is 0 Å².